The van der Waals surface area contributed by atoms with Gasteiger partial charge in [-0.25, -0.2) is 4.98 Å². The molecular weight excluding hydrogens is 276 g/mol. The van der Waals surface area contributed by atoms with Crippen LogP contribution < -0.4 is 0 Å². The van der Waals surface area contributed by atoms with E-state index in [9.17, 15) is 14.9 Å². The van der Waals surface area contributed by atoms with Crippen LogP contribution in [-0.2, 0) is 4.79 Å². The molecule has 0 radical (unpaired) electrons. The molecule has 5 nitrogen and oxygen atoms in total. The third-order valence-corrected chi connectivity index (χ3v) is 2.98. The van der Waals surface area contributed by atoms with Crippen LogP contribution in [-0.4, -0.2) is 20.8 Å². The van der Waals surface area contributed by atoms with E-state index in [0.717, 1.165) is 0 Å². The maximum Gasteiger partial charge on any atom is 0.296 e. The Morgan fingerprint density at radius 1 is 1.67 bits per heavy atom. The molecule has 1 aromatic rings. The molecule has 0 aliphatic rings. The molecule has 0 aliphatic carbocycles. The van der Waals surface area contributed by atoms with Crippen LogP contribution in [0.5, 0.6) is 0 Å². The number of thioether (sulfide) groups is 1. The number of pyridine rings is 1. The van der Waals surface area contributed by atoms with Crippen molar-refractivity contribution < 1.29 is 9.72 Å². The average molecular weight is 287 g/mol. The number of nitro groups is 1. The van der Waals surface area contributed by atoms with E-state index in [2.05, 4.69) is 4.98 Å². The number of rotatable bonds is 5. The highest BCUT2D eigenvalue weighted by atomic mass is 35.5. The summed E-state index contributed by atoms with van der Waals surface area (Å²) in [5, 5.41) is 11.1. The average Bonchev–Trinajstić information content (AvgIpc) is 2.29. The largest absolute Gasteiger partial charge is 0.296 e. The lowest BCUT2D eigenvalue weighted by atomic mass is 10.2. The highest BCUT2D eigenvalue weighted by molar-refractivity contribution is 8.13. The van der Waals surface area contributed by atoms with Gasteiger partial charge in [-0.1, -0.05) is 29.4 Å². The number of carbonyl (C=O) groups is 1. The van der Waals surface area contributed by atoms with Gasteiger partial charge in [0.1, 0.15) is 5.69 Å². The molecule has 1 heterocycles. The summed E-state index contributed by atoms with van der Waals surface area (Å²) in [6.07, 6.45) is 5.32. The fraction of sp³-hybridized carbons (Fsp3) is 0.273. The van der Waals surface area contributed by atoms with Gasteiger partial charge in [-0.15, -0.1) is 0 Å². The summed E-state index contributed by atoms with van der Waals surface area (Å²) in [6.45, 7) is 1.50. The minimum Gasteiger partial charge on any atom is -0.288 e. The van der Waals surface area contributed by atoms with Gasteiger partial charge in [-0.2, -0.15) is 0 Å². The molecule has 7 heteroatoms. The quantitative estimate of drug-likeness (QED) is 0.471. The third-order valence-electron chi connectivity index (χ3n) is 1.93. The highest BCUT2D eigenvalue weighted by Crippen LogP contribution is 2.22. The van der Waals surface area contributed by atoms with Crippen LogP contribution in [0.4, 0.5) is 5.69 Å². The first-order chi connectivity index (χ1) is 8.50. The number of allylic oxidation sites excluding steroid dienone is 1. The summed E-state index contributed by atoms with van der Waals surface area (Å²) >= 11 is 6.86. The summed E-state index contributed by atoms with van der Waals surface area (Å²) in [4.78, 5) is 24.8. The van der Waals surface area contributed by atoms with Crippen molar-refractivity contribution in [1.29, 1.82) is 0 Å². The second kappa shape index (κ2) is 7.13. The zero-order chi connectivity index (χ0) is 13.5. The van der Waals surface area contributed by atoms with Gasteiger partial charge >= 0.3 is 0 Å². The Hall–Kier alpha value is -1.40. The van der Waals surface area contributed by atoms with E-state index in [1.54, 1.807) is 12.2 Å². The van der Waals surface area contributed by atoms with E-state index in [4.69, 9.17) is 11.6 Å². The first kappa shape index (κ1) is 14.7. The molecule has 0 aliphatic heterocycles. The van der Waals surface area contributed by atoms with Crippen molar-refractivity contribution in [3.63, 3.8) is 0 Å². The van der Waals surface area contributed by atoms with E-state index in [-0.39, 0.29) is 21.5 Å². The van der Waals surface area contributed by atoms with Crippen LogP contribution in [0.3, 0.4) is 0 Å². The molecule has 1 aromatic heterocycles. The Bertz CT molecular complexity index is 491. The SMILES string of the molecule is CC(=O)SCCC=Cc1ncc(Cl)cc1[N+](=O)[O-]. The number of halogens is 1. The van der Waals surface area contributed by atoms with Crippen molar-refractivity contribution in [2.45, 2.75) is 13.3 Å². The number of hydrogen-bond donors (Lipinski definition) is 0. The van der Waals surface area contributed by atoms with E-state index < -0.39 is 4.92 Å². The van der Waals surface area contributed by atoms with Crippen LogP contribution in [0, 0.1) is 10.1 Å². The van der Waals surface area contributed by atoms with Crippen molar-refractivity contribution in [1.82, 2.24) is 4.98 Å². The molecule has 0 saturated carbocycles. The third kappa shape index (κ3) is 4.85. The van der Waals surface area contributed by atoms with Crippen LogP contribution in [0.15, 0.2) is 18.3 Å². The molecule has 0 N–H and O–H groups in total. The highest BCUT2D eigenvalue weighted by Gasteiger charge is 2.13. The minimum atomic E-state index is -0.525. The van der Waals surface area contributed by atoms with Crippen molar-refractivity contribution in [3.05, 3.63) is 39.2 Å². The monoisotopic (exact) mass is 286 g/mol. The summed E-state index contributed by atoms with van der Waals surface area (Å²) < 4.78 is 0. The number of carbonyl (C=O) groups excluding carboxylic acids is 1. The lowest BCUT2D eigenvalue weighted by molar-refractivity contribution is -0.385. The van der Waals surface area contributed by atoms with Crippen molar-refractivity contribution in [3.8, 4) is 0 Å². The van der Waals surface area contributed by atoms with E-state index in [1.807, 2.05) is 0 Å². The molecule has 0 unspecified atom stereocenters. The summed E-state index contributed by atoms with van der Waals surface area (Å²) in [6, 6.07) is 1.26. The van der Waals surface area contributed by atoms with Gasteiger partial charge in [0.2, 0.25) is 0 Å². The Morgan fingerprint density at radius 3 is 3.00 bits per heavy atom. The Morgan fingerprint density at radius 2 is 2.39 bits per heavy atom. The predicted molar refractivity (Wildman–Crippen MR) is 72.7 cm³/mol. The summed E-state index contributed by atoms with van der Waals surface area (Å²) in [7, 11) is 0. The van der Waals surface area contributed by atoms with Gasteiger partial charge in [0, 0.05) is 24.9 Å². The van der Waals surface area contributed by atoms with Crippen LogP contribution in [0.2, 0.25) is 5.02 Å². The van der Waals surface area contributed by atoms with E-state index >= 15 is 0 Å². The lowest BCUT2D eigenvalue weighted by Gasteiger charge is -1.97. The maximum absolute atomic E-state index is 10.8. The van der Waals surface area contributed by atoms with Crippen molar-refractivity contribution in [2.24, 2.45) is 0 Å². The topological polar surface area (TPSA) is 73.1 Å². The molecule has 0 spiro atoms. The fourth-order valence-electron chi connectivity index (χ4n) is 1.18. The van der Waals surface area contributed by atoms with Crippen LogP contribution >= 0.6 is 23.4 Å². The number of nitrogens with zero attached hydrogens (tertiary/aromatic N) is 2. The van der Waals surface area contributed by atoms with Gasteiger partial charge < -0.3 is 0 Å². The molecule has 0 aromatic carbocycles. The Labute approximate surface area is 113 Å². The summed E-state index contributed by atoms with van der Waals surface area (Å²) in [5.74, 6) is 0.646. The molecule has 0 atom stereocenters. The molecule has 1 rings (SSSR count). The second-order valence-electron chi connectivity index (χ2n) is 3.35. The molecule has 0 bridgehead atoms. The number of hydrogen-bond acceptors (Lipinski definition) is 5. The van der Waals surface area contributed by atoms with E-state index in [0.29, 0.717) is 12.2 Å². The van der Waals surface area contributed by atoms with Gasteiger partial charge in [0.05, 0.1) is 9.95 Å². The Balaban J connectivity index is 2.69. The predicted octanol–water partition coefficient (Wildman–Crippen LogP) is 3.33. The molecule has 0 saturated heterocycles. The normalized spacial score (nSPS) is 10.8. The van der Waals surface area contributed by atoms with Crippen LogP contribution in [0.25, 0.3) is 6.08 Å². The van der Waals surface area contributed by atoms with Crippen molar-refractivity contribution >= 4 is 40.2 Å². The molecule has 96 valence electrons. The van der Waals surface area contributed by atoms with Crippen LogP contribution in [0.1, 0.15) is 19.0 Å². The second-order valence-corrected chi connectivity index (χ2v) is 5.05. The molecule has 0 amide bonds. The smallest absolute Gasteiger partial charge is 0.288 e. The van der Waals surface area contributed by atoms with Crippen molar-refractivity contribution in [2.75, 3.05) is 5.75 Å². The lowest BCUT2D eigenvalue weighted by Crippen LogP contribution is -1.94. The standard InChI is InChI=1S/C11H11ClN2O3S/c1-8(15)18-5-3-2-4-10-11(14(16)17)6-9(12)7-13-10/h2,4,6-7H,3,5H2,1H3. The fourth-order valence-corrected chi connectivity index (χ4v) is 1.87. The number of aromatic nitrogens is 1. The van der Waals surface area contributed by atoms with Gasteiger partial charge in [0.25, 0.3) is 5.69 Å². The zero-order valence-corrected chi connectivity index (χ0v) is 11.2. The first-order valence-corrected chi connectivity index (χ1v) is 6.47. The summed E-state index contributed by atoms with van der Waals surface area (Å²) in [5.41, 5.74) is 0.134. The zero-order valence-electron chi connectivity index (χ0n) is 9.63. The van der Waals surface area contributed by atoms with Gasteiger partial charge in [0.15, 0.2) is 5.12 Å². The minimum absolute atomic E-state index is 0.0546. The van der Waals surface area contributed by atoms with Gasteiger partial charge in [-0.3, -0.25) is 14.9 Å². The molecule has 18 heavy (non-hydrogen) atoms. The Kier molecular flexibility index (Phi) is 5.80. The first-order valence-electron chi connectivity index (χ1n) is 5.10. The molecule has 0 fully saturated rings. The van der Waals surface area contributed by atoms with E-state index in [1.165, 1.54) is 30.9 Å². The van der Waals surface area contributed by atoms with Gasteiger partial charge in [-0.05, 0) is 12.5 Å². The maximum atomic E-state index is 10.8. The molecular formula is C11H11ClN2O3S.